The Kier molecular flexibility index (Phi) is 6.00. The fourth-order valence-electron chi connectivity index (χ4n) is 2.12. The molecule has 0 radical (unpaired) electrons. The smallest absolute Gasteiger partial charge is 0.243 e. The highest BCUT2D eigenvalue weighted by Gasteiger charge is 2.17. The number of carbonyl (C=O) groups is 1. The molecule has 0 aliphatic carbocycles. The van der Waals surface area contributed by atoms with Gasteiger partial charge in [0.05, 0.1) is 24.2 Å². The Balaban J connectivity index is 2.04. The number of rotatable bonds is 7. The van der Waals surface area contributed by atoms with Crippen LogP contribution in [-0.2, 0) is 14.8 Å². The van der Waals surface area contributed by atoms with Gasteiger partial charge in [0.25, 0.3) is 0 Å². The topological polar surface area (TPSA) is 87.7 Å². The second-order valence-corrected chi connectivity index (χ2v) is 7.57. The summed E-state index contributed by atoms with van der Waals surface area (Å²) in [5, 5.41) is 5.66. The summed E-state index contributed by atoms with van der Waals surface area (Å²) in [5.74, 6) is 0.333. The molecule has 0 aromatic heterocycles. The van der Waals surface area contributed by atoms with E-state index in [1.807, 2.05) is 12.1 Å². The van der Waals surface area contributed by atoms with E-state index >= 15 is 0 Å². The first-order chi connectivity index (χ1) is 11.8. The first kappa shape index (κ1) is 18.8. The molecular weight excluding hydrogens is 342 g/mol. The summed E-state index contributed by atoms with van der Waals surface area (Å²) in [7, 11) is 0.915. The summed E-state index contributed by atoms with van der Waals surface area (Å²) < 4.78 is 30.6. The van der Waals surface area contributed by atoms with Crippen molar-refractivity contribution in [1.82, 2.24) is 4.31 Å². The predicted octanol–water partition coefficient (Wildman–Crippen LogP) is 2.00. The summed E-state index contributed by atoms with van der Waals surface area (Å²) in [4.78, 5) is 12.2. The van der Waals surface area contributed by atoms with Gasteiger partial charge < -0.3 is 15.4 Å². The van der Waals surface area contributed by atoms with Gasteiger partial charge in [0.1, 0.15) is 5.75 Å². The lowest BCUT2D eigenvalue weighted by Gasteiger charge is -2.13. The molecule has 7 nitrogen and oxygen atoms in total. The Morgan fingerprint density at radius 2 is 1.84 bits per heavy atom. The van der Waals surface area contributed by atoms with Crippen LogP contribution in [0.2, 0.25) is 0 Å². The number of sulfonamides is 1. The first-order valence-corrected chi connectivity index (χ1v) is 8.98. The SMILES string of the molecule is COc1ccccc1NCC(=O)Nc1cccc(S(=O)(=O)N(C)C)c1. The van der Waals surface area contributed by atoms with Gasteiger partial charge >= 0.3 is 0 Å². The molecule has 25 heavy (non-hydrogen) atoms. The van der Waals surface area contributed by atoms with E-state index in [0.717, 1.165) is 4.31 Å². The van der Waals surface area contributed by atoms with Crippen LogP contribution < -0.4 is 15.4 Å². The Bertz CT molecular complexity index is 850. The molecule has 2 aromatic carbocycles. The highest BCUT2D eigenvalue weighted by atomic mass is 32.2. The van der Waals surface area contributed by atoms with E-state index in [4.69, 9.17) is 4.74 Å². The van der Waals surface area contributed by atoms with E-state index in [1.165, 1.54) is 26.2 Å². The third kappa shape index (κ3) is 4.71. The molecule has 2 N–H and O–H groups in total. The van der Waals surface area contributed by atoms with E-state index in [1.54, 1.807) is 31.4 Å². The van der Waals surface area contributed by atoms with Crippen LogP contribution >= 0.6 is 0 Å². The van der Waals surface area contributed by atoms with Gasteiger partial charge in [-0.15, -0.1) is 0 Å². The Morgan fingerprint density at radius 1 is 1.12 bits per heavy atom. The maximum atomic E-state index is 12.1. The van der Waals surface area contributed by atoms with Gasteiger partial charge in [-0.25, -0.2) is 12.7 Å². The Hall–Kier alpha value is -2.58. The molecule has 0 aliphatic heterocycles. The summed E-state index contributed by atoms with van der Waals surface area (Å²) in [6, 6.07) is 13.4. The summed E-state index contributed by atoms with van der Waals surface area (Å²) in [6.07, 6.45) is 0. The standard InChI is InChI=1S/C17H21N3O4S/c1-20(2)25(22,23)14-8-6-7-13(11-14)19-17(21)12-18-15-9-4-5-10-16(15)24-3/h4-11,18H,12H2,1-3H3,(H,19,21). The van der Waals surface area contributed by atoms with E-state index in [-0.39, 0.29) is 17.3 Å². The van der Waals surface area contributed by atoms with Gasteiger partial charge in [0.15, 0.2) is 0 Å². The van der Waals surface area contributed by atoms with Crippen molar-refractivity contribution < 1.29 is 17.9 Å². The molecule has 0 aliphatic rings. The van der Waals surface area contributed by atoms with Gasteiger partial charge in [0, 0.05) is 19.8 Å². The minimum absolute atomic E-state index is 0.0189. The second-order valence-electron chi connectivity index (χ2n) is 5.42. The van der Waals surface area contributed by atoms with Crippen LogP contribution in [-0.4, -0.2) is 46.4 Å². The van der Waals surface area contributed by atoms with Crippen LogP contribution in [0.1, 0.15) is 0 Å². The lowest BCUT2D eigenvalue weighted by molar-refractivity contribution is -0.114. The van der Waals surface area contributed by atoms with Crippen molar-refractivity contribution in [3.05, 3.63) is 48.5 Å². The largest absolute Gasteiger partial charge is 0.495 e. The van der Waals surface area contributed by atoms with Crippen molar-refractivity contribution in [3.8, 4) is 5.75 Å². The normalized spacial score (nSPS) is 11.2. The molecule has 1 amide bonds. The summed E-state index contributed by atoms with van der Waals surface area (Å²) in [6.45, 7) is 0.0189. The van der Waals surface area contributed by atoms with Crippen LogP contribution in [0.4, 0.5) is 11.4 Å². The highest BCUT2D eigenvalue weighted by Crippen LogP contribution is 2.23. The third-order valence-corrected chi connectivity index (χ3v) is 5.25. The van der Waals surface area contributed by atoms with Crippen LogP contribution in [0.5, 0.6) is 5.75 Å². The zero-order valence-corrected chi connectivity index (χ0v) is 15.1. The average molecular weight is 363 g/mol. The molecule has 2 aromatic rings. The number of ether oxygens (including phenoxy) is 1. The molecule has 0 saturated heterocycles. The molecule has 0 bridgehead atoms. The van der Waals surface area contributed by atoms with Crippen molar-refractivity contribution in [2.75, 3.05) is 38.4 Å². The van der Waals surface area contributed by atoms with E-state index in [2.05, 4.69) is 10.6 Å². The lowest BCUT2D eigenvalue weighted by atomic mass is 10.3. The van der Waals surface area contributed by atoms with Crippen molar-refractivity contribution in [1.29, 1.82) is 0 Å². The average Bonchev–Trinajstić information content (AvgIpc) is 2.60. The molecule has 0 saturated carbocycles. The van der Waals surface area contributed by atoms with Crippen LogP contribution in [0.25, 0.3) is 0 Å². The molecular formula is C17H21N3O4S. The third-order valence-electron chi connectivity index (χ3n) is 3.44. The number of nitrogens with zero attached hydrogens (tertiary/aromatic N) is 1. The molecule has 2 rings (SSSR count). The molecule has 0 heterocycles. The molecule has 0 spiro atoms. The quantitative estimate of drug-likeness (QED) is 0.786. The van der Waals surface area contributed by atoms with Crippen LogP contribution in [0.15, 0.2) is 53.4 Å². The fraction of sp³-hybridized carbons (Fsp3) is 0.235. The van der Waals surface area contributed by atoms with E-state index in [0.29, 0.717) is 17.1 Å². The first-order valence-electron chi connectivity index (χ1n) is 7.54. The van der Waals surface area contributed by atoms with E-state index in [9.17, 15) is 13.2 Å². The van der Waals surface area contributed by atoms with Crippen molar-refractivity contribution in [2.45, 2.75) is 4.90 Å². The zero-order valence-electron chi connectivity index (χ0n) is 14.3. The number of anilines is 2. The van der Waals surface area contributed by atoms with Crippen molar-refractivity contribution in [3.63, 3.8) is 0 Å². The molecule has 134 valence electrons. The maximum Gasteiger partial charge on any atom is 0.243 e. The maximum absolute atomic E-state index is 12.1. The van der Waals surface area contributed by atoms with Gasteiger partial charge in [-0.05, 0) is 30.3 Å². The Morgan fingerprint density at radius 3 is 2.52 bits per heavy atom. The van der Waals surface area contributed by atoms with Gasteiger partial charge in [0.2, 0.25) is 15.9 Å². The monoisotopic (exact) mass is 363 g/mol. The van der Waals surface area contributed by atoms with Gasteiger partial charge in [-0.2, -0.15) is 0 Å². The number of para-hydroxylation sites is 2. The van der Waals surface area contributed by atoms with Gasteiger partial charge in [-0.3, -0.25) is 4.79 Å². The van der Waals surface area contributed by atoms with Crippen LogP contribution in [0.3, 0.4) is 0 Å². The molecule has 0 unspecified atom stereocenters. The predicted molar refractivity (Wildman–Crippen MR) is 97.4 cm³/mol. The van der Waals surface area contributed by atoms with Crippen LogP contribution in [0, 0.1) is 0 Å². The fourth-order valence-corrected chi connectivity index (χ4v) is 3.06. The van der Waals surface area contributed by atoms with Gasteiger partial charge in [-0.1, -0.05) is 18.2 Å². The Labute approximate surface area is 147 Å². The van der Waals surface area contributed by atoms with Crippen molar-refractivity contribution >= 4 is 27.3 Å². The van der Waals surface area contributed by atoms with Crippen molar-refractivity contribution in [2.24, 2.45) is 0 Å². The number of hydrogen-bond acceptors (Lipinski definition) is 5. The number of benzene rings is 2. The number of methoxy groups -OCH3 is 1. The summed E-state index contributed by atoms with van der Waals surface area (Å²) >= 11 is 0. The zero-order chi connectivity index (χ0) is 18.4. The number of nitrogens with one attached hydrogen (secondary N) is 2. The number of carbonyl (C=O) groups excluding carboxylic acids is 1. The second kappa shape index (κ2) is 8.00. The minimum Gasteiger partial charge on any atom is -0.495 e. The molecule has 0 atom stereocenters. The highest BCUT2D eigenvalue weighted by molar-refractivity contribution is 7.89. The molecule has 8 heteroatoms. The van der Waals surface area contributed by atoms with E-state index < -0.39 is 10.0 Å². The lowest BCUT2D eigenvalue weighted by Crippen LogP contribution is -2.23. The summed E-state index contributed by atoms with van der Waals surface area (Å²) in [5.41, 5.74) is 1.11. The minimum atomic E-state index is -3.55. The number of hydrogen-bond donors (Lipinski definition) is 2. The number of amides is 1. The molecule has 0 fully saturated rings.